The molecule has 3 nitrogen and oxygen atoms in total. The molecule has 0 aliphatic carbocycles. The van der Waals surface area contributed by atoms with Crippen molar-refractivity contribution in [3.8, 4) is 0 Å². The van der Waals surface area contributed by atoms with E-state index in [0.29, 0.717) is 29.7 Å². The summed E-state index contributed by atoms with van der Waals surface area (Å²) in [6.45, 7) is 2.10. The second kappa shape index (κ2) is 3.88. The average molecular weight is 221 g/mol. The van der Waals surface area contributed by atoms with Gasteiger partial charge in [0.15, 0.2) is 0 Å². The zero-order chi connectivity index (χ0) is 11.0. The van der Waals surface area contributed by atoms with E-state index in [-0.39, 0.29) is 11.9 Å². The van der Waals surface area contributed by atoms with E-state index in [0.717, 1.165) is 6.54 Å². The Hall–Kier alpha value is -1.39. The molecule has 0 saturated carbocycles. The summed E-state index contributed by atoms with van der Waals surface area (Å²) in [7, 11) is 0. The van der Waals surface area contributed by atoms with Gasteiger partial charge in [-0.1, -0.05) is 0 Å². The van der Waals surface area contributed by atoms with Crippen LogP contribution in [0.3, 0.4) is 0 Å². The smallest absolute Gasteiger partial charge is 0.140 e. The van der Waals surface area contributed by atoms with Crippen LogP contribution in [0.2, 0.25) is 0 Å². The highest BCUT2D eigenvalue weighted by atomic mass is 19.1. The standard InChI is InChI=1S/C12H12FNO2/c13-12-8(11-7-14-4-6-16-11)1-2-10-9(12)3-5-15-10/h1-3,5,11,14H,4,6-7H2. The number of fused-ring (bicyclic) bond motifs is 1. The van der Waals surface area contributed by atoms with Crippen LogP contribution in [0.1, 0.15) is 11.7 Å². The normalized spacial score (nSPS) is 21.4. The van der Waals surface area contributed by atoms with Crippen LogP contribution in [0.25, 0.3) is 11.0 Å². The third-order valence-corrected chi connectivity index (χ3v) is 2.87. The van der Waals surface area contributed by atoms with Crippen LogP contribution in [0.5, 0.6) is 0 Å². The maximum Gasteiger partial charge on any atom is 0.140 e. The molecule has 1 atom stereocenters. The monoisotopic (exact) mass is 221 g/mol. The van der Waals surface area contributed by atoms with E-state index in [1.807, 2.05) is 0 Å². The summed E-state index contributed by atoms with van der Waals surface area (Å²) >= 11 is 0. The molecule has 3 rings (SSSR count). The van der Waals surface area contributed by atoms with Crippen LogP contribution < -0.4 is 5.32 Å². The molecule has 1 fully saturated rings. The van der Waals surface area contributed by atoms with Gasteiger partial charge in [-0.15, -0.1) is 0 Å². The molecule has 84 valence electrons. The molecule has 0 amide bonds. The SMILES string of the molecule is Fc1c(C2CNCCO2)ccc2occc12. The summed E-state index contributed by atoms with van der Waals surface area (Å²) in [6, 6.07) is 5.16. The lowest BCUT2D eigenvalue weighted by molar-refractivity contribution is 0.0257. The summed E-state index contributed by atoms with van der Waals surface area (Å²) in [6.07, 6.45) is 1.30. The van der Waals surface area contributed by atoms with Crippen molar-refractivity contribution in [1.82, 2.24) is 5.32 Å². The lowest BCUT2D eigenvalue weighted by atomic mass is 10.1. The van der Waals surface area contributed by atoms with Crippen LogP contribution in [-0.4, -0.2) is 19.7 Å². The van der Waals surface area contributed by atoms with Crippen molar-refractivity contribution < 1.29 is 13.5 Å². The van der Waals surface area contributed by atoms with Crippen molar-refractivity contribution in [2.75, 3.05) is 19.7 Å². The van der Waals surface area contributed by atoms with E-state index in [1.165, 1.54) is 6.26 Å². The fourth-order valence-corrected chi connectivity index (χ4v) is 2.04. The number of ether oxygens (including phenoxy) is 1. The van der Waals surface area contributed by atoms with Crippen molar-refractivity contribution in [2.45, 2.75) is 6.10 Å². The molecule has 1 aromatic heterocycles. The Labute approximate surface area is 92.2 Å². The summed E-state index contributed by atoms with van der Waals surface area (Å²) in [5.41, 5.74) is 1.17. The van der Waals surface area contributed by atoms with Crippen LogP contribution in [0, 0.1) is 5.82 Å². The van der Waals surface area contributed by atoms with Gasteiger partial charge in [-0.05, 0) is 18.2 Å². The van der Waals surface area contributed by atoms with E-state index < -0.39 is 0 Å². The van der Waals surface area contributed by atoms with Crippen molar-refractivity contribution in [3.05, 3.63) is 35.8 Å². The zero-order valence-corrected chi connectivity index (χ0v) is 8.70. The molecule has 1 saturated heterocycles. The lowest BCUT2D eigenvalue weighted by Crippen LogP contribution is -2.33. The Balaban J connectivity index is 2.05. The fourth-order valence-electron chi connectivity index (χ4n) is 2.04. The molecular formula is C12H12FNO2. The van der Waals surface area contributed by atoms with Gasteiger partial charge in [0.05, 0.1) is 24.4 Å². The largest absolute Gasteiger partial charge is 0.464 e. The van der Waals surface area contributed by atoms with Crippen molar-refractivity contribution in [3.63, 3.8) is 0 Å². The van der Waals surface area contributed by atoms with Gasteiger partial charge in [0.2, 0.25) is 0 Å². The van der Waals surface area contributed by atoms with Crippen LogP contribution in [0.4, 0.5) is 4.39 Å². The number of hydrogen-bond acceptors (Lipinski definition) is 3. The topological polar surface area (TPSA) is 34.4 Å². The molecule has 2 aromatic rings. The Kier molecular flexibility index (Phi) is 2.38. The third kappa shape index (κ3) is 1.50. The van der Waals surface area contributed by atoms with Gasteiger partial charge in [-0.25, -0.2) is 4.39 Å². The maximum absolute atomic E-state index is 14.1. The van der Waals surface area contributed by atoms with E-state index in [9.17, 15) is 4.39 Å². The molecule has 1 aliphatic heterocycles. The number of morpholine rings is 1. The lowest BCUT2D eigenvalue weighted by Gasteiger charge is -2.24. The number of benzene rings is 1. The first kappa shape index (κ1) is 9.81. The molecule has 1 N–H and O–H groups in total. The molecule has 16 heavy (non-hydrogen) atoms. The van der Waals surface area contributed by atoms with Crippen LogP contribution in [0.15, 0.2) is 28.9 Å². The number of halogens is 1. The predicted octanol–water partition coefficient (Wildman–Crippen LogP) is 2.23. The van der Waals surface area contributed by atoms with Crippen LogP contribution >= 0.6 is 0 Å². The Morgan fingerprint density at radius 3 is 3.06 bits per heavy atom. The minimum absolute atomic E-state index is 0.201. The van der Waals surface area contributed by atoms with Crippen LogP contribution in [-0.2, 0) is 4.74 Å². The number of hydrogen-bond donors (Lipinski definition) is 1. The van der Waals surface area contributed by atoms with E-state index in [4.69, 9.17) is 9.15 Å². The first-order chi connectivity index (χ1) is 7.86. The van der Waals surface area contributed by atoms with Crippen molar-refractivity contribution in [1.29, 1.82) is 0 Å². The highest BCUT2D eigenvalue weighted by molar-refractivity contribution is 5.78. The highest BCUT2D eigenvalue weighted by Gasteiger charge is 2.21. The molecule has 1 aromatic carbocycles. The highest BCUT2D eigenvalue weighted by Crippen LogP contribution is 2.28. The van der Waals surface area contributed by atoms with Crippen molar-refractivity contribution in [2.24, 2.45) is 0 Å². The van der Waals surface area contributed by atoms with Crippen molar-refractivity contribution >= 4 is 11.0 Å². The number of rotatable bonds is 1. The molecule has 2 heterocycles. The minimum atomic E-state index is -0.236. The van der Waals surface area contributed by atoms with E-state index in [1.54, 1.807) is 18.2 Å². The molecule has 1 aliphatic rings. The first-order valence-electron chi connectivity index (χ1n) is 5.34. The van der Waals surface area contributed by atoms with Gasteiger partial charge in [0, 0.05) is 18.7 Å². The van der Waals surface area contributed by atoms with Gasteiger partial charge in [0.1, 0.15) is 11.4 Å². The molecule has 1 unspecified atom stereocenters. The second-order valence-electron chi connectivity index (χ2n) is 3.86. The van der Waals surface area contributed by atoms with Gasteiger partial charge in [-0.3, -0.25) is 0 Å². The fraction of sp³-hybridized carbons (Fsp3) is 0.333. The average Bonchev–Trinajstić information content (AvgIpc) is 2.80. The summed E-state index contributed by atoms with van der Waals surface area (Å²) in [5.74, 6) is -0.236. The first-order valence-corrected chi connectivity index (χ1v) is 5.34. The third-order valence-electron chi connectivity index (χ3n) is 2.87. The van der Waals surface area contributed by atoms with E-state index >= 15 is 0 Å². The minimum Gasteiger partial charge on any atom is -0.464 e. The van der Waals surface area contributed by atoms with Gasteiger partial charge in [0.25, 0.3) is 0 Å². The predicted molar refractivity (Wildman–Crippen MR) is 57.7 cm³/mol. The molecule has 0 radical (unpaired) electrons. The quantitative estimate of drug-likeness (QED) is 0.801. The maximum atomic E-state index is 14.1. The van der Waals surface area contributed by atoms with Gasteiger partial charge < -0.3 is 14.5 Å². The molecule has 0 spiro atoms. The summed E-state index contributed by atoms with van der Waals surface area (Å²) in [5, 5.41) is 3.71. The number of furan rings is 1. The van der Waals surface area contributed by atoms with Gasteiger partial charge in [-0.2, -0.15) is 0 Å². The zero-order valence-electron chi connectivity index (χ0n) is 8.70. The molecule has 4 heteroatoms. The Morgan fingerprint density at radius 2 is 2.25 bits per heavy atom. The number of nitrogens with one attached hydrogen (secondary N) is 1. The Morgan fingerprint density at radius 1 is 1.31 bits per heavy atom. The van der Waals surface area contributed by atoms with Gasteiger partial charge >= 0.3 is 0 Å². The Bertz CT molecular complexity index is 503. The van der Waals surface area contributed by atoms with E-state index in [2.05, 4.69) is 5.32 Å². The molecule has 0 bridgehead atoms. The summed E-state index contributed by atoms with van der Waals surface area (Å²) in [4.78, 5) is 0. The summed E-state index contributed by atoms with van der Waals surface area (Å²) < 4.78 is 24.8. The molecular weight excluding hydrogens is 209 g/mol. The second-order valence-corrected chi connectivity index (χ2v) is 3.86.